The van der Waals surface area contributed by atoms with Crippen LogP contribution in [0.15, 0.2) is 10.9 Å². The predicted molar refractivity (Wildman–Crippen MR) is 38.2 cm³/mol. The molecule has 0 saturated heterocycles. The molecule has 1 rings (SSSR count). The number of hydrogen-bond donors (Lipinski definition) is 0. The number of rotatable bonds is 0. The fraction of sp³-hybridized carbons (Fsp3) is 0.500. The van der Waals surface area contributed by atoms with E-state index in [1.807, 2.05) is 31.7 Å². The van der Waals surface area contributed by atoms with Crippen LogP contribution < -0.4 is 0 Å². The molecule has 0 saturated carbocycles. The Morgan fingerprint density at radius 1 is 1.44 bits per heavy atom. The molecule has 9 heavy (non-hydrogen) atoms. The van der Waals surface area contributed by atoms with Gasteiger partial charge in [-0.2, -0.15) is 0 Å². The summed E-state index contributed by atoms with van der Waals surface area (Å²) in [6.07, 6.45) is 0. The first kappa shape index (κ1) is 11.9. The van der Waals surface area contributed by atoms with E-state index in [9.17, 15) is 0 Å². The van der Waals surface area contributed by atoms with Gasteiger partial charge in [0.05, 0.1) is 5.51 Å². The van der Waals surface area contributed by atoms with Crippen molar-refractivity contribution < 1.29 is 18.6 Å². The van der Waals surface area contributed by atoms with Crippen LogP contribution in [-0.4, -0.2) is 4.98 Å². The van der Waals surface area contributed by atoms with Gasteiger partial charge in [0.1, 0.15) is 0 Å². The number of thiazole rings is 1. The first-order chi connectivity index (χ1) is 3.89. The molecule has 3 heteroatoms. The second-order valence-corrected chi connectivity index (χ2v) is 1.85. The summed E-state index contributed by atoms with van der Waals surface area (Å²) in [4.78, 5) is 3.94. The zero-order valence-electron chi connectivity index (χ0n) is 5.96. The quantitative estimate of drug-likeness (QED) is 0.597. The topological polar surface area (TPSA) is 12.9 Å². The van der Waals surface area contributed by atoms with Crippen molar-refractivity contribution in [2.75, 3.05) is 0 Å². The number of hydrogen-bond acceptors (Lipinski definition) is 2. The molecule has 0 amide bonds. The van der Waals surface area contributed by atoms with E-state index < -0.39 is 0 Å². The molecule has 0 fully saturated rings. The fourth-order valence-corrected chi connectivity index (χ4v) is 0.819. The van der Waals surface area contributed by atoms with Crippen LogP contribution in [0.1, 0.15) is 19.5 Å². The maximum absolute atomic E-state index is 3.94. The molecule has 0 atom stereocenters. The van der Waals surface area contributed by atoms with Crippen molar-refractivity contribution in [3.05, 3.63) is 16.6 Å². The van der Waals surface area contributed by atoms with Crippen molar-refractivity contribution >= 4 is 11.3 Å². The molecule has 1 nitrogen and oxygen atoms in total. The van der Waals surface area contributed by atoms with Crippen LogP contribution in [0.3, 0.4) is 0 Å². The molecule has 1 aromatic heterocycles. The molecule has 1 radical (unpaired) electrons. The summed E-state index contributed by atoms with van der Waals surface area (Å²) in [5.74, 6) is 0. The van der Waals surface area contributed by atoms with E-state index in [0.29, 0.717) is 0 Å². The van der Waals surface area contributed by atoms with E-state index in [1.165, 1.54) is 0 Å². The molecule has 51 valence electrons. The molecule has 0 aliphatic carbocycles. The average molecular weight is 180 g/mol. The minimum Gasteiger partial charge on any atom is -0.250 e. The van der Waals surface area contributed by atoms with Gasteiger partial charge in [-0.25, -0.2) is 0 Å². The molecule has 1 heterocycles. The molecule has 0 bridgehead atoms. The summed E-state index contributed by atoms with van der Waals surface area (Å²) in [7, 11) is 0. The fourth-order valence-electron chi connectivity index (χ4n) is 0.273. The number of aromatic nitrogens is 1. The van der Waals surface area contributed by atoms with Crippen molar-refractivity contribution in [3.8, 4) is 0 Å². The maximum Gasteiger partial charge on any atom is 0.0794 e. The van der Waals surface area contributed by atoms with Gasteiger partial charge in [0, 0.05) is 29.6 Å². The first-order valence-electron chi connectivity index (χ1n) is 2.74. The zero-order chi connectivity index (χ0) is 6.41. The third-order valence-corrected chi connectivity index (χ3v) is 1.26. The molecule has 1 aromatic rings. The zero-order valence-corrected chi connectivity index (χ0v) is 8.17. The van der Waals surface area contributed by atoms with Crippen molar-refractivity contribution in [1.82, 2.24) is 4.98 Å². The van der Waals surface area contributed by atoms with Gasteiger partial charge in [-0.3, -0.25) is 4.98 Å². The Hall–Kier alpha value is 0.214. The monoisotopic (exact) mass is 180 g/mol. The second-order valence-electron chi connectivity index (χ2n) is 1.13. The van der Waals surface area contributed by atoms with Crippen LogP contribution in [-0.2, 0) is 18.6 Å². The Morgan fingerprint density at radius 2 is 2.00 bits per heavy atom. The molecular weight excluding hydrogens is 169 g/mol. The van der Waals surface area contributed by atoms with E-state index in [1.54, 1.807) is 11.3 Å². The SMILES string of the molecule is CC.Cc1cscn1.[V]. The van der Waals surface area contributed by atoms with Crippen LogP contribution >= 0.6 is 11.3 Å². The maximum atomic E-state index is 3.94. The van der Waals surface area contributed by atoms with Gasteiger partial charge in [-0.15, -0.1) is 11.3 Å². The molecule has 0 unspecified atom stereocenters. The van der Waals surface area contributed by atoms with Crippen molar-refractivity contribution in [1.29, 1.82) is 0 Å². The Labute approximate surface area is 72.4 Å². The Bertz CT molecular complexity index is 117. The summed E-state index contributed by atoms with van der Waals surface area (Å²) < 4.78 is 0. The van der Waals surface area contributed by atoms with Gasteiger partial charge >= 0.3 is 0 Å². The Kier molecular flexibility index (Phi) is 10.9. The van der Waals surface area contributed by atoms with Crippen LogP contribution in [0.2, 0.25) is 0 Å². The third-order valence-electron chi connectivity index (χ3n) is 0.556. The van der Waals surface area contributed by atoms with Crippen molar-refractivity contribution in [3.63, 3.8) is 0 Å². The summed E-state index contributed by atoms with van der Waals surface area (Å²) in [6.45, 7) is 5.98. The minimum absolute atomic E-state index is 0. The van der Waals surface area contributed by atoms with Gasteiger partial charge in [0.2, 0.25) is 0 Å². The second kappa shape index (κ2) is 8.21. The van der Waals surface area contributed by atoms with E-state index >= 15 is 0 Å². The van der Waals surface area contributed by atoms with Crippen LogP contribution in [0, 0.1) is 6.92 Å². The minimum atomic E-state index is 0. The van der Waals surface area contributed by atoms with Gasteiger partial charge in [0.25, 0.3) is 0 Å². The molecule has 0 N–H and O–H groups in total. The summed E-state index contributed by atoms with van der Waals surface area (Å²) in [6, 6.07) is 0. The van der Waals surface area contributed by atoms with E-state index in [-0.39, 0.29) is 18.6 Å². The standard InChI is InChI=1S/C4H5NS.C2H6.V/c1-4-2-6-3-5-4;1-2;/h2-3H,1H3;1-2H3;. The molecule has 0 aliphatic heterocycles. The molecule has 0 spiro atoms. The smallest absolute Gasteiger partial charge is 0.0794 e. The Balaban J connectivity index is 0. The van der Waals surface area contributed by atoms with Crippen LogP contribution in [0.5, 0.6) is 0 Å². The predicted octanol–water partition coefficient (Wildman–Crippen LogP) is 2.48. The molecular formula is C6H11NSV. The van der Waals surface area contributed by atoms with Gasteiger partial charge in [-0.1, -0.05) is 13.8 Å². The largest absolute Gasteiger partial charge is 0.250 e. The molecule has 0 aliphatic rings. The number of aryl methyl sites for hydroxylation is 1. The first-order valence-corrected chi connectivity index (χ1v) is 3.68. The van der Waals surface area contributed by atoms with E-state index in [2.05, 4.69) is 4.98 Å². The van der Waals surface area contributed by atoms with Crippen molar-refractivity contribution in [2.45, 2.75) is 20.8 Å². The normalized spacial score (nSPS) is 6.56. The number of nitrogens with zero attached hydrogens (tertiary/aromatic N) is 1. The Morgan fingerprint density at radius 3 is 2.11 bits per heavy atom. The van der Waals surface area contributed by atoms with Gasteiger partial charge in [0.15, 0.2) is 0 Å². The van der Waals surface area contributed by atoms with Gasteiger partial charge in [-0.05, 0) is 6.92 Å². The summed E-state index contributed by atoms with van der Waals surface area (Å²) in [5.41, 5.74) is 2.94. The summed E-state index contributed by atoms with van der Waals surface area (Å²) in [5, 5.41) is 2.01. The third kappa shape index (κ3) is 6.10. The van der Waals surface area contributed by atoms with Crippen LogP contribution in [0.25, 0.3) is 0 Å². The molecule has 0 aromatic carbocycles. The average Bonchev–Trinajstić information content (AvgIpc) is 2.24. The van der Waals surface area contributed by atoms with Crippen molar-refractivity contribution in [2.24, 2.45) is 0 Å². The van der Waals surface area contributed by atoms with Gasteiger partial charge < -0.3 is 0 Å². The van der Waals surface area contributed by atoms with E-state index in [0.717, 1.165) is 5.69 Å². The summed E-state index contributed by atoms with van der Waals surface area (Å²) >= 11 is 1.63. The van der Waals surface area contributed by atoms with Crippen LogP contribution in [0.4, 0.5) is 0 Å². The van der Waals surface area contributed by atoms with E-state index in [4.69, 9.17) is 0 Å².